The van der Waals surface area contributed by atoms with Gasteiger partial charge in [0.25, 0.3) is 5.89 Å². The average molecular weight is 269 g/mol. The summed E-state index contributed by atoms with van der Waals surface area (Å²) in [6.45, 7) is 1.78. The molecule has 3 rings (SSSR count). The number of halogens is 1. The van der Waals surface area contributed by atoms with Gasteiger partial charge in [-0.05, 0) is 30.7 Å². The molecule has 0 saturated carbocycles. The maximum atomic E-state index is 13.4. The maximum Gasteiger partial charge on any atom is 0.262 e. The maximum absolute atomic E-state index is 13.4. The summed E-state index contributed by atoms with van der Waals surface area (Å²) in [6.07, 6.45) is 1.42. The fourth-order valence-electron chi connectivity index (χ4n) is 1.85. The van der Waals surface area contributed by atoms with Crippen LogP contribution in [0.1, 0.15) is 11.3 Å². The van der Waals surface area contributed by atoms with Crippen LogP contribution in [0.4, 0.5) is 4.39 Å². The lowest BCUT2D eigenvalue weighted by Gasteiger charge is -1.97. The Morgan fingerprint density at radius 3 is 2.95 bits per heavy atom. The summed E-state index contributed by atoms with van der Waals surface area (Å²) >= 11 is 0. The number of benzene rings is 1. The Kier molecular flexibility index (Phi) is 2.76. The van der Waals surface area contributed by atoms with Gasteiger partial charge >= 0.3 is 0 Å². The van der Waals surface area contributed by atoms with Crippen molar-refractivity contribution in [1.29, 1.82) is 5.26 Å². The van der Waals surface area contributed by atoms with Gasteiger partial charge in [0, 0.05) is 5.56 Å². The number of aromatic nitrogens is 4. The third-order valence-electron chi connectivity index (χ3n) is 2.71. The molecule has 3 aromatic rings. The predicted octanol–water partition coefficient (Wildman–Crippen LogP) is 2.45. The zero-order chi connectivity index (χ0) is 14.1. The normalized spacial score (nSPS) is 10.4. The van der Waals surface area contributed by atoms with E-state index < -0.39 is 0 Å². The summed E-state index contributed by atoms with van der Waals surface area (Å²) in [4.78, 5) is 4.16. The van der Waals surface area contributed by atoms with Gasteiger partial charge in [-0.3, -0.25) is 5.10 Å². The number of H-pyrrole nitrogens is 1. The molecule has 0 bridgehead atoms. The Bertz CT molecular complexity index is 794. The van der Waals surface area contributed by atoms with E-state index in [0.717, 1.165) is 5.56 Å². The molecule has 0 atom stereocenters. The van der Waals surface area contributed by atoms with Crippen molar-refractivity contribution in [2.45, 2.75) is 6.92 Å². The van der Waals surface area contributed by atoms with E-state index in [2.05, 4.69) is 20.3 Å². The summed E-state index contributed by atoms with van der Waals surface area (Å²) in [5.41, 5.74) is 1.92. The molecule has 1 N–H and O–H groups in total. The Balaban J connectivity index is 2.04. The minimum atomic E-state index is -0.368. The Morgan fingerprint density at radius 2 is 2.20 bits per heavy atom. The molecule has 0 fully saturated rings. The van der Waals surface area contributed by atoms with E-state index in [1.807, 2.05) is 6.07 Å². The largest absolute Gasteiger partial charge is 0.333 e. The third-order valence-corrected chi connectivity index (χ3v) is 2.71. The molecule has 2 aromatic heterocycles. The van der Waals surface area contributed by atoms with E-state index in [1.54, 1.807) is 13.0 Å². The molecule has 0 aliphatic carbocycles. The fourth-order valence-corrected chi connectivity index (χ4v) is 1.85. The molecular formula is C13H8FN5O. The van der Waals surface area contributed by atoms with Gasteiger partial charge in [-0.25, -0.2) is 4.39 Å². The molecule has 0 spiro atoms. The minimum Gasteiger partial charge on any atom is -0.333 e. The van der Waals surface area contributed by atoms with Crippen LogP contribution in [-0.2, 0) is 0 Å². The SMILES string of the molecule is Cc1cc(F)cc(-c2noc(-c3cn[nH]c3C#N)n2)c1. The zero-order valence-electron chi connectivity index (χ0n) is 10.4. The molecule has 98 valence electrons. The Morgan fingerprint density at radius 1 is 1.35 bits per heavy atom. The van der Waals surface area contributed by atoms with E-state index in [4.69, 9.17) is 9.78 Å². The molecule has 0 amide bonds. The molecule has 0 saturated heterocycles. The van der Waals surface area contributed by atoms with Crippen molar-refractivity contribution in [2.24, 2.45) is 0 Å². The van der Waals surface area contributed by atoms with Gasteiger partial charge in [-0.1, -0.05) is 5.16 Å². The summed E-state index contributed by atoms with van der Waals surface area (Å²) in [6, 6.07) is 6.42. The van der Waals surface area contributed by atoms with E-state index >= 15 is 0 Å². The van der Waals surface area contributed by atoms with E-state index in [0.29, 0.717) is 11.1 Å². The molecule has 20 heavy (non-hydrogen) atoms. The van der Waals surface area contributed by atoms with Crippen LogP contribution in [0.25, 0.3) is 22.8 Å². The van der Waals surface area contributed by atoms with Crippen LogP contribution in [0, 0.1) is 24.1 Å². The van der Waals surface area contributed by atoms with Crippen molar-refractivity contribution in [3.05, 3.63) is 41.5 Å². The first kappa shape index (κ1) is 12.0. The number of nitrogens with zero attached hydrogens (tertiary/aromatic N) is 4. The van der Waals surface area contributed by atoms with Crippen LogP contribution in [0.2, 0.25) is 0 Å². The number of nitrogens with one attached hydrogen (secondary N) is 1. The number of hydrogen-bond acceptors (Lipinski definition) is 5. The first-order valence-electron chi connectivity index (χ1n) is 5.72. The number of aryl methyl sites for hydroxylation is 1. The van der Waals surface area contributed by atoms with Crippen LogP contribution in [0.5, 0.6) is 0 Å². The van der Waals surface area contributed by atoms with Crippen molar-refractivity contribution < 1.29 is 8.91 Å². The summed E-state index contributed by atoms with van der Waals surface area (Å²) in [5.74, 6) is 0.0484. The van der Waals surface area contributed by atoms with Crippen LogP contribution in [0.15, 0.2) is 28.9 Å². The highest BCUT2D eigenvalue weighted by atomic mass is 19.1. The lowest BCUT2D eigenvalue weighted by atomic mass is 10.1. The molecule has 0 radical (unpaired) electrons. The molecule has 0 aliphatic heterocycles. The lowest BCUT2D eigenvalue weighted by molar-refractivity contribution is 0.432. The smallest absolute Gasteiger partial charge is 0.262 e. The van der Waals surface area contributed by atoms with Crippen molar-refractivity contribution >= 4 is 0 Å². The molecular weight excluding hydrogens is 261 g/mol. The number of rotatable bonds is 2. The van der Waals surface area contributed by atoms with Gasteiger partial charge in [0.1, 0.15) is 17.6 Å². The van der Waals surface area contributed by atoms with Crippen molar-refractivity contribution in [3.63, 3.8) is 0 Å². The standard InChI is InChI=1S/C13H8FN5O/c1-7-2-8(4-9(14)3-7)12-17-13(20-19-12)10-6-16-18-11(10)5-15/h2-4,6H,1H3,(H,16,18). The lowest BCUT2D eigenvalue weighted by Crippen LogP contribution is -1.86. The van der Waals surface area contributed by atoms with Crippen molar-refractivity contribution in [1.82, 2.24) is 20.3 Å². The first-order valence-corrected chi connectivity index (χ1v) is 5.72. The molecule has 0 unspecified atom stereocenters. The highest BCUT2D eigenvalue weighted by Crippen LogP contribution is 2.24. The molecule has 6 nitrogen and oxygen atoms in total. The number of nitriles is 1. The van der Waals surface area contributed by atoms with Crippen LogP contribution in [0.3, 0.4) is 0 Å². The summed E-state index contributed by atoms with van der Waals surface area (Å²) in [7, 11) is 0. The quantitative estimate of drug-likeness (QED) is 0.771. The number of hydrogen-bond donors (Lipinski definition) is 1. The van der Waals surface area contributed by atoms with Gasteiger partial charge < -0.3 is 4.52 Å². The van der Waals surface area contributed by atoms with E-state index in [1.165, 1.54) is 18.3 Å². The van der Waals surface area contributed by atoms with Crippen molar-refractivity contribution in [2.75, 3.05) is 0 Å². The fraction of sp³-hybridized carbons (Fsp3) is 0.0769. The number of aromatic amines is 1. The van der Waals surface area contributed by atoms with Gasteiger partial charge in [-0.15, -0.1) is 0 Å². The molecule has 1 aromatic carbocycles. The van der Waals surface area contributed by atoms with Gasteiger partial charge in [0.05, 0.1) is 11.8 Å². The topological polar surface area (TPSA) is 91.4 Å². The molecule has 2 heterocycles. The minimum absolute atomic E-state index is 0.159. The average Bonchev–Trinajstić information content (AvgIpc) is 3.06. The van der Waals surface area contributed by atoms with Gasteiger partial charge in [0.2, 0.25) is 5.82 Å². The van der Waals surface area contributed by atoms with Gasteiger partial charge in [-0.2, -0.15) is 15.3 Å². The van der Waals surface area contributed by atoms with Crippen LogP contribution >= 0.6 is 0 Å². The predicted molar refractivity (Wildman–Crippen MR) is 66.7 cm³/mol. The monoisotopic (exact) mass is 269 g/mol. The van der Waals surface area contributed by atoms with Crippen LogP contribution in [-0.4, -0.2) is 20.3 Å². The second-order valence-electron chi connectivity index (χ2n) is 4.21. The highest BCUT2D eigenvalue weighted by molar-refractivity contribution is 5.63. The highest BCUT2D eigenvalue weighted by Gasteiger charge is 2.16. The van der Waals surface area contributed by atoms with Crippen molar-refractivity contribution in [3.8, 4) is 28.9 Å². The Labute approximate surface area is 112 Å². The van der Waals surface area contributed by atoms with Crippen LogP contribution < -0.4 is 0 Å². The van der Waals surface area contributed by atoms with E-state index in [9.17, 15) is 4.39 Å². The summed E-state index contributed by atoms with van der Waals surface area (Å²) in [5, 5.41) is 19.0. The summed E-state index contributed by atoms with van der Waals surface area (Å²) < 4.78 is 18.5. The zero-order valence-corrected chi connectivity index (χ0v) is 10.4. The van der Waals surface area contributed by atoms with Gasteiger partial charge in [0.15, 0.2) is 0 Å². The molecule has 0 aliphatic rings. The Hall–Kier alpha value is -3.01. The first-order chi connectivity index (χ1) is 9.67. The molecule has 7 heteroatoms. The second kappa shape index (κ2) is 4.59. The second-order valence-corrected chi connectivity index (χ2v) is 4.21. The third kappa shape index (κ3) is 2.03. The van der Waals surface area contributed by atoms with E-state index in [-0.39, 0.29) is 23.2 Å².